The maximum atomic E-state index is 10.6. The van der Waals surface area contributed by atoms with Gasteiger partial charge in [0.15, 0.2) is 0 Å². The van der Waals surface area contributed by atoms with Crippen LogP contribution in [0.4, 0.5) is 5.13 Å². The molecule has 2 aromatic rings. The Balaban J connectivity index is 2.04. The van der Waals surface area contributed by atoms with Crippen molar-refractivity contribution < 1.29 is 9.90 Å². The van der Waals surface area contributed by atoms with E-state index in [0.29, 0.717) is 11.6 Å². The molecule has 0 radical (unpaired) electrons. The van der Waals surface area contributed by atoms with E-state index in [1.807, 2.05) is 6.92 Å². The van der Waals surface area contributed by atoms with Crippen LogP contribution in [0, 0.1) is 6.92 Å². The summed E-state index contributed by atoms with van der Waals surface area (Å²) in [5, 5.41) is 9.36. The molecular weight excluding hydrogens is 262 g/mol. The van der Waals surface area contributed by atoms with E-state index in [-0.39, 0.29) is 6.54 Å². The van der Waals surface area contributed by atoms with Crippen molar-refractivity contribution in [2.75, 3.05) is 18.5 Å². The monoisotopic (exact) mass is 277 g/mol. The van der Waals surface area contributed by atoms with E-state index >= 15 is 0 Å². The third kappa shape index (κ3) is 3.75. The first-order chi connectivity index (χ1) is 9.04. The van der Waals surface area contributed by atoms with Crippen LogP contribution in [0.2, 0.25) is 0 Å². The van der Waals surface area contributed by atoms with E-state index in [9.17, 15) is 4.79 Å². The zero-order valence-corrected chi connectivity index (χ0v) is 11.6. The van der Waals surface area contributed by atoms with Crippen LogP contribution in [0.25, 0.3) is 0 Å². The second kappa shape index (κ2) is 5.79. The number of hydrogen-bond acceptors (Lipinski definition) is 5. The number of aliphatic carboxylic acids is 1. The Bertz CT molecular complexity index is 566. The normalized spacial score (nSPS) is 10.4. The fourth-order valence-corrected chi connectivity index (χ4v) is 2.27. The van der Waals surface area contributed by atoms with E-state index < -0.39 is 5.97 Å². The summed E-state index contributed by atoms with van der Waals surface area (Å²) in [4.78, 5) is 16.6. The van der Waals surface area contributed by atoms with E-state index in [4.69, 9.17) is 5.11 Å². The molecule has 1 heterocycles. The minimum atomic E-state index is -0.877. The van der Waals surface area contributed by atoms with E-state index in [0.717, 1.165) is 11.4 Å². The number of aryl methyl sites for hydroxylation is 1. The predicted octanol–water partition coefficient (Wildman–Crippen LogP) is 1.96. The second-order valence-corrected chi connectivity index (χ2v) is 5.14. The molecule has 0 fully saturated rings. The molecule has 1 aromatic heterocycles. The van der Waals surface area contributed by atoms with E-state index in [1.54, 1.807) is 11.9 Å². The number of carbonyl (C=O) groups is 1. The fourth-order valence-electron chi connectivity index (χ4n) is 1.63. The molecule has 1 N–H and O–H groups in total. The van der Waals surface area contributed by atoms with Crippen molar-refractivity contribution >= 4 is 22.6 Å². The molecule has 0 bridgehead atoms. The van der Waals surface area contributed by atoms with Crippen molar-refractivity contribution in [3.8, 4) is 0 Å². The first-order valence-corrected chi connectivity index (χ1v) is 6.63. The summed E-state index contributed by atoms with van der Waals surface area (Å²) < 4.78 is 4.26. The van der Waals surface area contributed by atoms with Crippen molar-refractivity contribution in [3.05, 3.63) is 41.2 Å². The van der Waals surface area contributed by atoms with Crippen molar-refractivity contribution in [1.29, 1.82) is 0 Å². The van der Waals surface area contributed by atoms with Crippen LogP contribution in [0.15, 0.2) is 24.3 Å². The molecule has 0 aliphatic heterocycles. The molecule has 0 unspecified atom stereocenters. The maximum Gasteiger partial charge on any atom is 0.323 e. The topological polar surface area (TPSA) is 66.3 Å². The molecule has 6 heteroatoms. The highest BCUT2D eigenvalue weighted by Gasteiger charge is 2.11. The van der Waals surface area contributed by atoms with Crippen LogP contribution in [-0.2, 0) is 11.2 Å². The number of rotatable bonds is 5. The summed E-state index contributed by atoms with van der Waals surface area (Å²) in [5.41, 5.74) is 2.37. The van der Waals surface area contributed by atoms with Crippen LogP contribution in [-0.4, -0.2) is 34.0 Å². The van der Waals surface area contributed by atoms with Crippen LogP contribution < -0.4 is 4.90 Å². The Hall–Kier alpha value is -1.95. The summed E-state index contributed by atoms with van der Waals surface area (Å²) in [6.07, 6.45) is 0.664. The number of carboxylic acid groups (broad SMARTS) is 1. The van der Waals surface area contributed by atoms with Gasteiger partial charge >= 0.3 is 5.97 Å². The molecule has 1 aromatic carbocycles. The Labute approximate surface area is 115 Å². The van der Waals surface area contributed by atoms with Crippen LogP contribution in [0.5, 0.6) is 0 Å². The molecule has 0 atom stereocenters. The van der Waals surface area contributed by atoms with Gasteiger partial charge in [0.05, 0.1) is 0 Å². The maximum absolute atomic E-state index is 10.6. The lowest BCUT2D eigenvalue weighted by molar-refractivity contribution is -0.135. The minimum Gasteiger partial charge on any atom is -0.480 e. The Morgan fingerprint density at radius 2 is 2.05 bits per heavy atom. The highest BCUT2D eigenvalue weighted by Crippen LogP contribution is 2.17. The van der Waals surface area contributed by atoms with Crippen LogP contribution in [0.3, 0.4) is 0 Å². The molecular formula is C13H15N3O2S. The molecule has 0 amide bonds. The third-order valence-corrected chi connectivity index (χ3v) is 3.51. The summed E-state index contributed by atoms with van der Waals surface area (Å²) in [6, 6.07) is 8.21. The van der Waals surface area contributed by atoms with Gasteiger partial charge in [0.25, 0.3) is 0 Å². The molecule has 0 saturated heterocycles. The van der Waals surface area contributed by atoms with Crippen molar-refractivity contribution in [2.24, 2.45) is 0 Å². The lowest BCUT2D eigenvalue weighted by atomic mass is 10.1. The predicted molar refractivity (Wildman–Crippen MR) is 74.8 cm³/mol. The lowest BCUT2D eigenvalue weighted by Crippen LogP contribution is -2.24. The highest BCUT2D eigenvalue weighted by molar-refractivity contribution is 7.09. The standard InChI is InChI=1S/C13H15N3O2S/c1-9-3-5-10(6-4-9)7-11-14-13(19-15-11)16(2)8-12(17)18/h3-6H,7-8H2,1-2H3,(H,17,18). The summed E-state index contributed by atoms with van der Waals surface area (Å²) in [5.74, 6) is -0.154. The SMILES string of the molecule is Cc1ccc(Cc2nsc(N(C)CC(=O)O)n2)cc1. The lowest BCUT2D eigenvalue weighted by Gasteiger charge is -2.10. The van der Waals surface area contributed by atoms with Gasteiger partial charge in [0, 0.05) is 25.0 Å². The van der Waals surface area contributed by atoms with Crippen molar-refractivity contribution in [1.82, 2.24) is 9.36 Å². The molecule has 100 valence electrons. The first-order valence-electron chi connectivity index (χ1n) is 5.85. The summed E-state index contributed by atoms with van der Waals surface area (Å²) in [7, 11) is 1.70. The Morgan fingerprint density at radius 1 is 1.37 bits per heavy atom. The summed E-state index contributed by atoms with van der Waals surface area (Å²) in [6.45, 7) is 1.98. The van der Waals surface area contributed by atoms with Gasteiger partial charge in [-0.2, -0.15) is 4.37 Å². The largest absolute Gasteiger partial charge is 0.480 e. The quantitative estimate of drug-likeness (QED) is 0.905. The number of nitrogens with zero attached hydrogens (tertiary/aromatic N) is 3. The van der Waals surface area contributed by atoms with Gasteiger partial charge in [0.1, 0.15) is 12.4 Å². The third-order valence-electron chi connectivity index (χ3n) is 2.64. The number of aromatic nitrogens is 2. The number of carboxylic acids is 1. The zero-order valence-electron chi connectivity index (χ0n) is 10.8. The van der Waals surface area contributed by atoms with Gasteiger partial charge in [0.2, 0.25) is 5.13 Å². The second-order valence-electron chi connectivity index (χ2n) is 4.41. The minimum absolute atomic E-state index is 0.0703. The average molecular weight is 277 g/mol. The molecule has 2 rings (SSSR count). The molecule has 0 saturated carbocycles. The van der Waals surface area contributed by atoms with Gasteiger partial charge < -0.3 is 10.0 Å². The Morgan fingerprint density at radius 3 is 2.68 bits per heavy atom. The first kappa shape index (κ1) is 13.5. The van der Waals surface area contributed by atoms with Gasteiger partial charge in [-0.05, 0) is 12.5 Å². The fraction of sp³-hybridized carbons (Fsp3) is 0.308. The van der Waals surface area contributed by atoms with Gasteiger partial charge in [-0.3, -0.25) is 4.79 Å². The zero-order chi connectivity index (χ0) is 13.8. The smallest absolute Gasteiger partial charge is 0.323 e. The van der Waals surface area contributed by atoms with Gasteiger partial charge in [-0.1, -0.05) is 29.8 Å². The average Bonchev–Trinajstić information content (AvgIpc) is 2.80. The van der Waals surface area contributed by atoms with E-state index in [1.165, 1.54) is 17.1 Å². The van der Waals surface area contributed by atoms with Crippen molar-refractivity contribution in [2.45, 2.75) is 13.3 Å². The number of likely N-dealkylation sites (N-methyl/N-ethyl adjacent to an activating group) is 1. The van der Waals surface area contributed by atoms with Crippen LogP contribution >= 0.6 is 11.5 Å². The Kier molecular flexibility index (Phi) is 4.11. The number of benzene rings is 1. The molecule has 0 aliphatic carbocycles. The highest BCUT2D eigenvalue weighted by atomic mass is 32.1. The molecule has 0 aliphatic rings. The molecule has 5 nitrogen and oxygen atoms in total. The van der Waals surface area contributed by atoms with E-state index in [2.05, 4.69) is 33.6 Å². The van der Waals surface area contributed by atoms with Gasteiger partial charge in [-0.25, -0.2) is 4.98 Å². The molecule has 0 spiro atoms. The molecule has 19 heavy (non-hydrogen) atoms. The van der Waals surface area contributed by atoms with Crippen LogP contribution in [0.1, 0.15) is 17.0 Å². The van der Waals surface area contributed by atoms with Gasteiger partial charge in [-0.15, -0.1) is 0 Å². The van der Waals surface area contributed by atoms with Crippen molar-refractivity contribution in [3.63, 3.8) is 0 Å². The summed E-state index contributed by atoms with van der Waals surface area (Å²) >= 11 is 1.22. The number of hydrogen-bond donors (Lipinski definition) is 1. The number of anilines is 1.